The van der Waals surface area contributed by atoms with Crippen LogP contribution in [0.5, 0.6) is 0 Å². The van der Waals surface area contributed by atoms with Gasteiger partial charge in [-0.2, -0.15) is 5.26 Å². The number of Topliss-reactive ketones (excluding diaryl/α,β-unsaturated/α-hetero) is 1. The number of pyridine rings is 2. The molecular weight excluding hydrogens is 504 g/mol. The molecule has 0 bridgehead atoms. The quantitative estimate of drug-likeness (QED) is 0.337. The molecule has 6 rings (SSSR count). The first-order chi connectivity index (χ1) is 19.5. The highest BCUT2D eigenvalue weighted by atomic mass is 16.1. The molecule has 0 aliphatic carbocycles. The maximum atomic E-state index is 14.0. The summed E-state index contributed by atoms with van der Waals surface area (Å²) in [4.78, 5) is 43.4. The van der Waals surface area contributed by atoms with E-state index in [1.807, 2.05) is 37.6 Å². The van der Waals surface area contributed by atoms with Crippen LogP contribution in [0.25, 0.3) is 28.1 Å². The number of ketones is 1. The zero-order chi connectivity index (χ0) is 27.8. The van der Waals surface area contributed by atoms with Gasteiger partial charge in [0.05, 0.1) is 28.4 Å². The van der Waals surface area contributed by atoms with E-state index >= 15 is 0 Å². The molecule has 0 radical (unpaired) electrons. The van der Waals surface area contributed by atoms with Crippen molar-refractivity contribution < 1.29 is 4.79 Å². The first-order valence-corrected chi connectivity index (χ1v) is 12.9. The molecule has 5 aromatic rings. The molecule has 0 saturated carbocycles. The molecule has 6 heterocycles. The Labute approximate surface area is 230 Å². The highest BCUT2D eigenvalue weighted by Gasteiger charge is 2.34. The number of hydrogen-bond acceptors (Lipinski definition) is 10. The lowest BCUT2D eigenvalue weighted by Gasteiger charge is -2.36. The third-order valence-electron chi connectivity index (χ3n) is 7.14. The van der Waals surface area contributed by atoms with Crippen LogP contribution in [0.4, 0.5) is 5.82 Å². The van der Waals surface area contributed by atoms with Gasteiger partial charge in [0.15, 0.2) is 11.4 Å². The van der Waals surface area contributed by atoms with E-state index in [1.54, 1.807) is 36.9 Å². The summed E-state index contributed by atoms with van der Waals surface area (Å²) in [7, 11) is 0. The predicted octanol–water partition coefficient (Wildman–Crippen LogP) is 3.13. The number of aryl methyl sites for hydroxylation is 3. The van der Waals surface area contributed by atoms with Crippen LogP contribution in [0.1, 0.15) is 32.9 Å². The Bertz CT molecular complexity index is 1800. The minimum absolute atomic E-state index is 0.00187. The molecular formula is C29H26N10O. The van der Waals surface area contributed by atoms with Crippen molar-refractivity contribution in [3.05, 3.63) is 83.6 Å². The van der Waals surface area contributed by atoms with E-state index in [0.717, 1.165) is 27.9 Å². The van der Waals surface area contributed by atoms with E-state index in [-0.39, 0.29) is 5.78 Å². The molecule has 0 spiro atoms. The summed E-state index contributed by atoms with van der Waals surface area (Å²) in [5.41, 5.74) is 5.53. The van der Waals surface area contributed by atoms with Crippen molar-refractivity contribution in [3.8, 4) is 23.1 Å². The minimum atomic E-state index is -0.494. The Hall–Kier alpha value is -5.08. The molecule has 0 unspecified atom stereocenters. The molecule has 1 N–H and O–H groups in total. The Balaban J connectivity index is 1.57. The number of nitriles is 1. The lowest BCUT2D eigenvalue weighted by Crippen LogP contribution is -2.55. The van der Waals surface area contributed by atoms with Crippen molar-refractivity contribution in [3.63, 3.8) is 0 Å². The van der Waals surface area contributed by atoms with Crippen molar-refractivity contribution in [2.24, 2.45) is 0 Å². The number of rotatable bonds is 5. The first kappa shape index (κ1) is 25.2. The van der Waals surface area contributed by atoms with E-state index < -0.39 is 6.04 Å². The van der Waals surface area contributed by atoms with Gasteiger partial charge in [0.25, 0.3) is 0 Å². The molecule has 11 heteroatoms. The molecule has 5 aromatic heterocycles. The number of nitrogens with zero attached hydrogens (tertiary/aromatic N) is 9. The molecule has 0 amide bonds. The van der Waals surface area contributed by atoms with Crippen LogP contribution >= 0.6 is 0 Å². The molecule has 198 valence electrons. The van der Waals surface area contributed by atoms with Gasteiger partial charge in [-0.25, -0.2) is 15.0 Å². The van der Waals surface area contributed by atoms with Crippen LogP contribution in [0.2, 0.25) is 0 Å². The standard InChI is InChI=1S/C29H26N10O/c1-17-13-35-18(2)10-21(17)27(40)23-14-31-8-9-38(23)28-25-22(26-19(3)32-6-7-34-26)15-39(29(25)37-16-36-28)24-11-20(12-30)4-5-33-24/h4-7,10-11,13,15-16,23,31H,8-9,14H2,1-3H3/t23-/m0/s1. The van der Waals surface area contributed by atoms with Gasteiger partial charge in [-0.15, -0.1) is 0 Å². The van der Waals surface area contributed by atoms with Crippen LogP contribution in [0.3, 0.4) is 0 Å². The summed E-state index contributed by atoms with van der Waals surface area (Å²) in [6.07, 6.45) is 10.0. The van der Waals surface area contributed by atoms with E-state index in [1.165, 1.54) is 6.33 Å². The van der Waals surface area contributed by atoms with Gasteiger partial charge in [0.1, 0.15) is 24.0 Å². The lowest BCUT2D eigenvalue weighted by atomic mass is 9.97. The van der Waals surface area contributed by atoms with Crippen molar-refractivity contribution in [1.82, 2.24) is 39.8 Å². The number of nitrogens with one attached hydrogen (secondary N) is 1. The second kappa shape index (κ2) is 10.2. The van der Waals surface area contributed by atoms with Gasteiger partial charge < -0.3 is 10.2 Å². The van der Waals surface area contributed by atoms with Crippen LogP contribution in [0, 0.1) is 32.1 Å². The van der Waals surface area contributed by atoms with Crippen molar-refractivity contribution in [2.75, 3.05) is 24.5 Å². The Morgan fingerprint density at radius 1 is 1.05 bits per heavy atom. The van der Waals surface area contributed by atoms with Crippen molar-refractivity contribution in [2.45, 2.75) is 26.8 Å². The van der Waals surface area contributed by atoms with Gasteiger partial charge in [0, 0.05) is 67.4 Å². The second-order valence-corrected chi connectivity index (χ2v) is 9.73. The summed E-state index contributed by atoms with van der Waals surface area (Å²) in [5, 5.41) is 13.6. The Morgan fingerprint density at radius 2 is 1.90 bits per heavy atom. The van der Waals surface area contributed by atoms with E-state index in [4.69, 9.17) is 4.98 Å². The molecule has 0 aromatic carbocycles. The normalized spacial score (nSPS) is 15.2. The van der Waals surface area contributed by atoms with Crippen LogP contribution < -0.4 is 10.2 Å². The number of carbonyl (C=O) groups is 1. The van der Waals surface area contributed by atoms with E-state index in [2.05, 4.69) is 41.2 Å². The summed E-state index contributed by atoms with van der Waals surface area (Å²) in [6, 6.07) is 6.89. The van der Waals surface area contributed by atoms with E-state index in [9.17, 15) is 10.1 Å². The summed E-state index contributed by atoms with van der Waals surface area (Å²) >= 11 is 0. The Kier molecular flexibility index (Phi) is 6.45. The SMILES string of the molecule is Cc1cc(C(=O)[C@@H]2CNCCN2c2ncnc3c2c(-c2nccnc2C)cn3-c2cc(C#N)ccn2)c(C)cn1. The fourth-order valence-corrected chi connectivity index (χ4v) is 5.17. The van der Waals surface area contributed by atoms with Crippen LogP contribution in [0.15, 0.2) is 55.5 Å². The molecule has 40 heavy (non-hydrogen) atoms. The molecule has 1 atom stereocenters. The molecule has 1 saturated heterocycles. The predicted molar refractivity (Wildman–Crippen MR) is 149 cm³/mol. The van der Waals surface area contributed by atoms with E-state index in [0.29, 0.717) is 53.7 Å². The summed E-state index contributed by atoms with van der Waals surface area (Å²) in [6.45, 7) is 7.41. The van der Waals surface area contributed by atoms with Gasteiger partial charge in [-0.3, -0.25) is 24.3 Å². The fourth-order valence-electron chi connectivity index (χ4n) is 5.17. The second-order valence-electron chi connectivity index (χ2n) is 9.73. The fraction of sp³-hybridized carbons (Fsp3) is 0.241. The number of hydrogen-bond donors (Lipinski definition) is 1. The van der Waals surface area contributed by atoms with Gasteiger partial charge in [-0.1, -0.05) is 0 Å². The van der Waals surface area contributed by atoms with Gasteiger partial charge in [-0.05, 0) is 44.5 Å². The average molecular weight is 531 g/mol. The van der Waals surface area contributed by atoms with Crippen molar-refractivity contribution in [1.29, 1.82) is 5.26 Å². The Morgan fingerprint density at radius 3 is 2.73 bits per heavy atom. The molecule has 1 fully saturated rings. The number of carbonyl (C=O) groups excluding carboxylic acids is 1. The smallest absolute Gasteiger partial charge is 0.186 e. The molecule has 1 aliphatic heterocycles. The monoisotopic (exact) mass is 530 g/mol. The maximum Gasteiger partial charge on any atom is 0.186 e. The van der Waals surface area contributed by atoms with Gasteiger partial charge in [0.2, 0.25) is 0 Å². The summed E-state index contributed by atoms with van der Waals surface area (Å²) in [5.74, 6) is 1.17. The number of aromatic nitrogens is 7. The highest BCUT2D eigenvalue weighted by Crippen LogP contribution is 2.37. The van der Waals surface area contributed by atoms with Gasteiger partial charge >= 0.3 is 0 Å². The first-order valence-electron chi connectivity index (χ1n) is 12.9. The third kappa shape index (κ3) is 4.34. The minimum Gasteiger partial charge on any atom is -0.343 e. The number of fused-ring (bicyclic) bond motifs is 1. The van der Waals surface area contributed by atoms with Crippen molar-refractivity contribution >= 4 is 22.6 Å². The molecule has 11 nitrogen and oxygen atoms in total. The van der Waals surface area contributed by atoms with Crippen LogP contribution in [-0.4, -0.2) is 65.9 Å². The molecule has 1 aliphatic rings. The average Bonchev–Trinajstić information content (AvgIpc) is 3.38. The largest absolute Gasteiger partial charge is 0.343 e. The zero-order valence-corrected chi connectivity index (χ0v) is 22.3. The number of anilines is 1. The lowest BCUT2D eigenvalue weighted by molar-refractivity contribution is 0.0949. The zero-order valence-electron chi connectivity index (χ0n) is 22.3. The summed E-state index contributed by atoms with van der Waals surface area (Å²) < 4.78 is 1.83. The maximum absolute atomic E-state index is 14.0. The third-order valence-corrected chi connectivity index (χ3v) is 7.14. The number of piperazine rings is 1. The van der Waals surface area contributed by atoms with Crippen LogP contribution in [-0.2, 0) is 0 Å². The highest BCUT2D eigenvalue weighted by molar-refractivity contribution is 6.06. The topological polar surface area (TPSA) is 138 Å².